The summed E-state index contributed by atoms with van der Waals surface area (Å²) in [6, 6.07) is 14.8. The maximum Gasteiger partial charge on any atom is 0.166 e. The number of aromatic nitrogens is 2. The third-order valence-corrected chi connectivity index (χ3v) is 4.98. The highest BCUT2D eigenvalue weighted by atomic mass is 16.5. The smallest absolute Gasteiger partial charge is 0.166 e. The van der Waals surface area contributed by atoms with Crippen LogP contribution in [0.1, 0.15) is 55.7 Å². The molecule has 34 heavy (non-hydrogen) atoms. The van der Waals surface area contributed by atoms with Crippen molar-refractivity contribution in [2.75, 3.05) is 17.7 Å². The minimum Gasteiger partial charge on any atom is -0.494 e. The molecule has 0 atom stereocenters. The second-order valence-corrected chi connectivity index (χ2v) is 7.86. The molecule has 0 spiro atoms. The third-order valence-electron chi connectivity index (χ3n) is 4.98. The number of benzene rings is 1. The Labute approximate surface area is 199 Å². The van der Waals surface area contributed by atoms with Crippen LogP contribution in [0.15, 0.2) is 53.7 Å². The van der Waals surface area contributed by atoms with Gasteiger partial charge in [0.1, 0.15) is 23.4 Å². The van der Waals surface area contributed by atoms with E-state index in [1.807, 2.05) is 52.0 Å². The van der Waals surface area contributed by atoms with Crippen molar-refractivity contribution in [1.29, 1.82) is 5.26 Å². The number of ether oxygens (including phenoxy) is 1. The van der Waals surface area contributed by atoms with Gasteiger partial charge < -0.3 is 15.4 Å². The molecule has 2 N–H and O–H groups in total. The SMILES string of the molecule is CCC(=O)c1cnc(Nc2cccc(C#N)n2)cc1Nc1cccc(C(C)=NC(C)C)c1OC. The predicted octanol–water partition coefficient (Wildman–Crippen LogP) is 5.65. The molecule has 2 aromatic heterocycles. The summed E-state index contributed by atoms with van der Waals surface area (Å²) in [5.74, 6) is 1.55. The number of nitrogens with zero attached hydrogens (tertiary/aromatic N) is 4. The Hall–Kier alpha value is -4.25. The van der Waals surface area contributed by atoms with Gasteiger partial charge in [0.2, 0.25) is 0 Å². The standard InChI is InChI=1S/C26H28N6O2/c1-6-23(33)20-15-28-25(32-24-12-7-9-18(14-27)30-24)13-22(20)31-21-11-8-10-19(26(21)34-5)17(4)29-16(2)3/h7-13,15-16H,6H2,1-5H3,(H2,28,30,31,32). The van der Waals surface area contributed by atoms with E-state index in [0.29, 0.717) is 46.4 Å². The summed E-state index contributed by atoms with van der Waals surface area (Å²) >= 11 is 0. The van der Waals surface area contributed by atoms with Gasteiger partial charge in [-0.2, -0.15) is 5.26 Å². The van der Waals surface area contributed by atoms with Crippen LogP contribution >= 0.6 is 0 Å². The number of carbonyl (C=O) groups excluding carboxylic acids is 1. The summed E-state index contributed by atoms with van der Waals surface area (Å²) in [4.78, 5) is 25.9. The van der Waals surface area contributed by atoms with E-state index in [1.165, 1.54) is 6.20 Å². The monoisotopic (exact) mass is 456 g/mol. The summed E-state index contributed by atoms with van der Waals surface area (Å²) in [5, 5.41) is 15.5. The van der Waals surface area contributed by atoms with Gasteiger partial charge in [0, 0.05) is 36.0 Å². The number of rotatable bonds is 9. The molecule has 3 aromatic rings. The number of nitrogens with one attached hydrogen (secondary N) is 2. The summed E-state index contributed by atoms with van der Waals surface area (Å²) in [7, 11) is 1.61. The maximum atomic E-state index is 12.6. The lowest BCUT2D eigenvalue weighted by Crippen LogP contribution is -2.08. The number of hydrogen-bond donors (Lipinski definition) is 2. The maximum absolute atomic E-state index is 12.6. The molecule has 0 bridgehead atoms. The van der Waals surface area contributed by atoms with Crippen LogP contribution < -0.4 is 15.4 Å². The van der Waals surface area contributed by atoms with Crippen molar-refractivity contribution in [2.24, 2.45) is 4.99 Å². The molecule has 3 rings (SSSR count). The van der Waals surface area contributed by atoms with Gasteiger partial charge in [-0.3, -0.25) is 9.79 Å². The lowest BCUT2D eigenvalue weighted by atomic mass is 10.1. The molecular formula is C26H28N6O2. The number of pyridine rings is 2. The molecule has 0 saturated heterocycles. The van der Waals surface area contributed by atoms with Gasteiger partial charge in [-0.15, -0.1) is 0 Å². The molecule has 0 fully saturated rings. The quantitative estimate of drug-likeness (QED) is 0.316. The molecule has 0 aliphatic rings. The number of nitriles is 1. The van der Waals surface area contributed by atoms with Gasteiger partial charge in [-0.1, -0.05) is 19.1 Å². The van der Waals surface area contributed by atoms with E-state index >= 15 is 0 Å². The van der Waals surface area contributed by atoms with Gasteiger partial charge in [-0.25, -0.2) is 9.97 Å². The fraction of sp³-hybridized carbons (Fsp3) is 0.269. The summed E-state index contributed by atoms with van der Waals surface area (Å²) in [6.07, 6.45) is 1.87. The number of para-hydroxylation sites is 1. The Kier molecular flexibility index (Phi) is 7.93. The summed E-state index contributed by atoms with van der Waals surface area (Å²) in [5.41, 5.74) is 3.77. The number of ketones is 1. The van der Waals surface area contributed by atoms with Gasteiger partial charge in [0.15, 0.2) is 11.5 Å². The predicted molar refractivity (Wildman–Crippen MR) is 135 cm³/mol. The fourth-order valence-corrected chi connectivity index (χ4v) is 3.48. The molecule has 0 amide bonds. The molecule has 8 heteroatoms. The number of hydrogen-bond acceptors (Lipinski definition) is 8. The third kappa shape index (κ3) is 5.75. The van der Waals surface area contributed by atoms with Crippen LogP contribution in [-0.2, 0) is 0 Å². The van der Waals surface area contributed by atoms with Crippen molar-refractivity contribution >= 4 is 34.5 Å². The Morgan fingerprint density at radius 3 is 2.56 bits per heavy atom. The minimum absolute atomic E-state index is 0.0428. The van der Waals surface area contributed by atoms with Gasteiger partial charge in [0.05, 0.1) is 24.0 Å². The number of carbonyl (C=O) groups is 1. The molecule has 0 aliphatic carbocycles. The second kappa shape index (κ2) is 11.1. The zero-order valence-electron chi connectivity index (χ0n) is 20.0. The van der Waals surface area contributed by atoms with E-state index in [0.717, 1.165) is 11.3 Å². The zero-order chi connectivity index (χ0) is 24.7. The van der Waals surface area contributed by atoms with Crippen LogP contribution in [0.25, 0.3) is 0 Å². The summed E-state index contributed by atoms with van der Waals surface area (Å²) in [6.45, 7) is 7.80. The first-order valence-electron chi connectivity index (χ1n) is 11.0. The van der Waals surface area contributed by atoms with Crippen LogP contribution in [0, 0.1) is 11.3 Å². The van der Waals surface area contributed by atoms with Crippen molar-refractivity contribution in [1.82, 2.24) is 9.97 Å². The van der Waals surface area contributed by atoms with Crippen molar-refractivity contribution in [3.63, 3.8) is 0 Å². The van der Waals surface area contributed by atoms with E-state index in [4.69, 9.17) is 10.00 Å². The van der Waals surface area contributed by atoms with Crippen molar-refractivity contribution < 1.29 is 9.53 Å². The number of Topliss-reactive ketones (excluding diaryl/α,β-unsaturated/α-hetero) is 1. The minimum atomic E-state index is -0.0428. The molecule has 174 valence electrons. The van der Waals surface area contributed by atoms with Crippen molar-refractivity contribution in [3.05, 3.63) is 65.5 Å². The molecule has 2 heterocycles. The Balaban J connectivity index is 2.03. The van der Waals surface area contributed by atoms with E-state index in [1.54, 1.807) is 31.4 Å². The van der Waals surface area contributed by atoms with Gasteiger partial charge in [0.25, 0.3) is 0 Å². The lowest BCUT2D eigenvalue weighted by Gasteiger charge is -2.18. The van der Waals surface area contributed by atoms with Crippen LogP contribution in [0.4, 0.5) is 23.0 Å². The van der Waals surface area contributed by atoms with Crippen molar-refractivity contribution in [3.8, 4) is 11.8 Å². The molecule has 0 aliphatic heterocycles. The van der Waals surface area contributed by atoms with E-state index in [2.05, 4.69) is 25.6 Å². The van der Waals surface area contributed by atoms with Crippen LogP contribution in [-0.4, -0.2) is 34.6 Å². The number of methoxy groups -OCH3 is 1. The first kappa shape index (κ1) is 24.4. The molecule has 0 saturated carbocycles. The lowest BCUT2D eigenvalue weighted by molar-refractivity contribution is 0.0988. The number of anilines is 4. The molecule has 8 nitrogen and oxygen atoms in total. The van der Waals surface area contributed by atoms with E-state index < -0.39 is 0 Å². The van der Waals surface area contributed by atoms with Crippen LogP contribution in [0.2, 0.25) is 0 Å². The first-order valence-corrected chi connectivity index (χ1v) is 11.0. The Morgan fingerprint density at radius 1 is 1.12 bits per heavy atom. The average Bonchev–Trinajstić information content (AvgIpc) is 2.83. The fourth-order valence-electron chi connectivity index (χ4n) is 3.48. The number of aliphatic imine (C=N–C) groups is 1. The molecule has 1 aromatic carbocycles. The van der Waals surface area contributed by atoms with Crippen LogP contribution in [0.3, 0.4) is 0 Å². The van der Waals surface area contributed by atoms with E-state index in [-0.39, 0.29) is 11.8 Å². The average molecular weight is 457 g/mol. The largest absolute Gasteiger partial charge is 0.494 e. The summed E-state index contributed by atoms with van der Waals surface area (Å²) < 4.78 is 5.73. The molecule has 0 unspecified atom stereocenters. The first-order chi connectivity index (χ1) is 16.4. The second-order valence-electron chi connectivity index (χ2n) is 7.86. The zero-order valence-corrected chi connectivity index (χ0v) is 20.0. The highest BCUT2D eigenvalue weighted by Crippen LogP contribution is 2.34. The normalized spacial score (nSPS) is 11.1. The van der Waals surface area contributed by atoms with Gasteiger partial charge >= 0.3 is 0 Å². The van der Waals surface area contributed by atoms with Gasteiger partial charge in [-0.05, 0) is 45.0 Å². The topological polar surface area (TPSA) is 112 Å². The van der Waals surface area contributed by atoms with E-state index in [9.17, 15) is 4.79 Å². The highest BCUT2D eigenvalue weighted by Gasteiger charge is 2.17. The van der Waals surface area contributed by atoms with Crippen molar-refractivity contribution in [2.45, 2.75) is 40.2 Å². The molecule has 0 radical (unpaired) electrons. The molecular weight excluding hydrogens is 428 g/mol. The van der Waals surface area contributed by atoms with Crippen LogP contribution in [0.5, 0.6) is 5.75 Å². The Morgan fingerprint density at radius 2 is 1.88 bits per heavy atom. The Bertz CT molecular complexity index is 1260. The highest BCUT2D eigenvalue weighted by molar-refractivity contribution is 6.04.